The molecule has 1 aromatic heterocycles. The summed E-state index contributed by atoms with van der Waals surface area (Å²) in [5, 5.41) is 0. The Bertz CT molecular complexity index is 677. The Labute approximate surface area is 122 Å². The number of benzene rings is 1. The van der Waals surface area contributed by atoms with Gasteiger partial charge in [0.05, 0.1) is 18.3 Å². The minimum atomic E-state index is -3.40. The van der Waals surface area contributed by atoms with Gasteiger partial charge in [0.25, 0.3) is 0 Å². The van der Waals surface area contributed by atoms with Crippen LogP contribution < -0.4 is 10.5 Å². The molecule has 0 saturated heterocycles. The Morgan fingerprint density at radius 3 is 2.45 bits per heavy atom. The third kappa shape index (κ3) is 4.16. The van der Waals surface area contributed by atoms with Crippen LogP contribution in [0.25, 0.3) is 0 Å². The van der Waals surface area contributed by atoms with Crippen LogP contribution in [0.5, 0.6) is 0 Å². The number of rotatable bonds is 6. The van der Waals surface area contributed by atoms with E-state index in [0.717, 1.165) is 5.56 Å². The van der Waals surface area contributed by atoms with E-state index in [1.165, 1.54) is 12.5 Å². The Hall–Kier alpha value is -1.70. The van der Waals surface area contributed by atoms with Crippen LogP contribution >= 0.6 is 12.2 Å². The Kier molecular flexibility index (Phi) is 4.53. The third-order valence-corrected chi connectivity index (χ3v) is 4.20. The van der Waals surface area contributed by atoms with E-state index >= 15 is 0 Å². The van der Waals surface area contributed by atoms with Crippen molar-refractivity contribution in [3.05, 3.63) is 59.5 Å². The average molecular weight is 310 g/mol. The number of hydrogen-bond donors (Lipinski definition) is 2. The molecule has 7 heteroatoms. The lowest BCUT2D eigenvalue weighted by Crippen LogP contribution is -2.24. The number of sulfonamides is 1. The van der Waals surface area contributed by atoms with E-state index in [9.17, 15) is 8.42 Å². The number of nitrogens with one attached hydrogen (secondary N) is 1. The van der Waals surface area contributed by atoms with Crippen LogP contribution in [0.15, 0.2) is 47.3 Å². The van der Waals surface area contributed by atoms with Gasteiger partial charge in [-0.25, -0.2) is 13.1 Å². The first-order chi connectivity index (χ1) is 9.46. The normalized spacial score (nSPS) is 11.4. The molecule has 2 rings (SSSR count). The van der Waals surface area contributed by atoms with E-state index in [2.05, 4.69) is 4.72 Å². The van der Waals surface area contributed by atoms with Gasteiger partial charge in [-0.05, 0) is 11.6 Å². The Balaban J connectivity index is 1.98. The number of furan rings is 1. The Morgan fingerprint density at radius 1 is 1.20 bits per heavy atom. The lowest BCUT2D eigenvalue weighted by molar-refractivity contribution is 0.561. The van der Waals surface area contributed by atoms with Crippen LogP contribution in [0.4, 0.5) is 0 Å². The molecular weight excluding hydrogens is 296 g/mol. The molecule has 0 spiro atoms. The molecule has 3 N–H and O–H groups in total. The van der Waals surface area contributed by atoms with Gasteiger partial charge in [0.15, 0.2) is 0 Å². The fourth-order valence-corrected chi connectivity index (χ4v) is 2.88. The molecule has 0 saturated carbocycles. The van der Waals surface area contributed by atoms with Crippen molar-refractivity contribution in [2.45, 2.75) is 12.3 Å². The molecule has 106 valence electrons. The molecule has 0 bridgehead atoms. The van der Waals surface area contributed by atoms with Crippen molar-refractivity contribution in [2.24, 2.45) is 5.73 Å². The van der Waals surface area contributed by atoms with Crippen LogP contribution in [-0.4, -0.2) is 13.4 Å². The molecule has 0 atom stereocenters. The summed E-state index contributed by atoms with van der Waals surface area (Å²) in [6.45, 7) is 0.212. The lowest BCUT2D eigenvalue weighted by Gasteiger charge is -2.06. The third-order valence-electron chi connectivity index (χ3n) is 2.67. The van der Waals surface area contributed by atoms with Gasteiger partial charge < -0.3 is 10.2 Å². The number of hydrogen-bond acceptors (Lipinski definition) is 4. The highest BCUT2D eigenvalue weighted by Crippen LogP contribution is 2.09. The summed E-state index contributed by atoms with van der Waals surface area (Å²) < 4.78 is 31.2. The van der Waals surface area contributed by atoms with E-state index in [-0.39, 0.29) is 17.3 Å². The molecule has 20 heavy (non-hydrogen) atoms. The van der Waals surface area contributed by atoms with Crippen LogP contribution in [0.3, 0.4) is 0 Å². The minimum absolute atomic E-state index is 0.0948. The van der Waals surface area contributed by atoms with E-state index in [1.807, 2.05) is 0 Å². The van der Waals surface area contributed by atoms with Crippen molar-refractivity contribution in [1.82, 2.24) is 4.72 Å². The molecule has 0 aliphatic rings. The lowest BCUT2D eigenvalue weighted by atomic mass is 10.1. The fraction of sp³-hybridized carbons (Fsp3) is 0.154. The Morgan fingerprint density at radius 2 is 1.90 bits per heavy atom. The van der Waals surface area contributed by atoms with E-state index < -0.39 is 10.0 Å². The summed E-state index contributed by atoms with van der Waals surface area (Å²) >= 11 is 4.84. The summed E-state index contributed by atoms with van der Waals surface area (Å²) in [5.74, 6) is -0.0948. The summed E-state index contributed by atoms with van der Waals surface area (Å²) in [6.07, 6.45) is 3.00. The van der Waals surface area contributed by atoms with Crippen molar-refractivity contribution in [2.75, 3.05) is 0 Å². The highest BCUT2D eigenvalue weighted by molar-refractivity contribution is 7.88. The minimum Gasteiger partial charge on any atom is -0.472 e. The molecule has 1 heterocycles. The summed E-state index contributed by atoms with van der Waals surface area (Å²) in [4.78, 5) is 0.289. The first-order valence-corrected chi connectivity index (χ1v) is 7.89. The largest absolute Gasteiger partial charge is 0.472 e. The fourth-order valence-electron chi connectivity index (χ4n) is 1.62. The molecule has 1 aromatic carbocycles. The van der Waals surface area contributed by atoms with Gasteiger partial charge in [-0.15, -0.1) is 0 Å². The summed E-state index contributed by atoms with van der Waals surface area (Å²) in [5.41, 5.74) is 7.65. The molecule has 2 aromatic rings. The van der Waals surface area contributed by atoms with E-state index in [0.29, 0.717) is 11.1 Å². The maximum Gasteiger partial charge on any atom is 0.216 e. The molecule has 0 aliphatic carbocycles. The quantitative estimate of drug-likeness (QED) is 0.790. The zero-order valence-electron chi connectivity index (χ0n) is 10.6. The standard InChI is InChI=1S/C13H14N2O3S2/c14-13(19)12-3-1-10(2-4-12)9-20(16,17)15-7-11-5-6-18-8-11/h1-6,8,15H,7,9H2,(H2,14,19). The summed E-state index contributed by atoms with van der Waals surface area (Å²) in [7, 11) is -3.40. The predicted molar refractivity (Wildman–Crippen MR) is 80.5 cm³/mol. The smallest absolute Gasteiger partial charge is 0.216 e. The zero-order valence-corrected chi connectivity index (χ0v) is 12.2. The van der Waals surface area contributed by atoms with Crippen molar-refractivity contribution >= 4 is 27.2 Å². The zero-order chi connectivity index (χ0) is 14.6. The van der Waals surface area contributed by atoms with Crippen LogP contribution in [0.1, 0.15) is 16.7 Å². The molecule has 0 fully saturated rings. The maximum absolute atomic E-state index is 11.9. The van der Waals surface area contributed by atoms with Gasteiger partial charge in [-0.2, -0.15) is 0 Å². The van der Waals surface area contributed by atoms with E-state index in [4.69, 9.17) is 22.4 Å². The van der Waals surface area contributed by atoms with Gasteiger partial charge in [-0.3, -0.25) is 0 Å². The van der Waals surface area contributed by atoms with Gasteiger partial charge in [0.2, 0.25) is 10.0 Å². The van der Waals surface area contributed by atoms with Crippen LogP contribution in [0.2, 0.25) is 0 Å². The first kappa shape index (κ1) is 14.7. The molecule has 0 amide bonds. The highest BCUT2D eigenvalue weighted by Gasteiger charge is 2.11. The molecule has 0 unspecified atom stereocenters. The predicted octanol–water partition coefficient (Wildman–Crippen LogP) is 1.53. The molecule has 5 nitrogen and oxygen atoms in total. The van der Waals surface area contributed by atoms with Gasteiger partial charge in [-0.1, -0.05) is 36.5 Å². The van der Waals surface area contributed by atoms with Crippen molar-refractivity contribution < 1.29 is 12.8 Å². The van der Waals surface area contributed by atoms with Crippen LogP contribution in [0, 0.1) is 0 Å². The molecule has 0 radical (unpaired) electrons. The number of thiocarbonyl (C=S) groups is 1. The first-order valence-electron chi connectivity index (χ1n) is 5.83. The van der Waals surface area contributed by atoms with Crippen molar-refractivity contribution in [1.29, 1.82) is 0 Å². The second kappa shape index (κ2) is 6.17. The molecular formula is C13H14N2O3S2. The topological polar surface area (TPSA) is 85.3 Å². The SMILES string of the molecule is NC(=S)c1ccc(CS(=O)(=O)NCc2ccoc2)cc1. The summed E-state index contributed by atoms with van der Waals surface area (Å²) in [6, 6.07) is 8.53. The number of nitrogens with two attached hydrogens (primary N) is 1. The van der Waals surface area contributed by atoms with Gasteiger partial charge in [0, 0.05) is 17.7 Å². The van der Waals surface area contributed by atoms with Gasteiger partial charge in [0.1, 0.15) is 4.99 Å². The van der Waals surface area contributed by atoms with Crippen molar-refractivity contribution in [3.63, 3.8) is 0 Å². The van der Waals surface area contributed by atoms with Gasteiger partial charge >= 0.3 is 0 Å². The highest BCUT2D eigenvalue weighted by atomic mass is 32.2. The second-order valence-electron chi connectivity index (χ2n) is 4.27. The average Bonchev–Trinajstić information content (AvgIpc) is 2.90. The molecule has 0 aliphatic heterocycles. The van der Waals surface area contributed by atoms with Crippen LogP contribution in [-0.2, 0) is 22.3 Å². The van der Waals surface area contributed by atoms with E-state index in [1.54, 1.807) is 30.3 Å². The van der Waals surface area contributed by atoms with Crippen molar-refractivity contribution in [3.8, 4) is 0 Å². The monoisotopic (exact) mass is 310 g/mol. The maximum atomic E-state index is 11.9. The second-order valence-corrected chi connectivity index (χ2v) is 6.52.